The highest BCUT2D eigenvalue weighted by atomic mass is 35.5. The third-order valence-electron chi connectivity index (χ3n) is 4.77. The molecule has 1 amide bonds. The highest BCUT2D eigenvalue weighted by molar-refractivity contribution is 6.29. The number of aromatic nitrogens is 1. The molecule has 2 aromatic rings. The van der Waals surface area contributed by atoms with Gasteiger partial charge in [0.05, 0.1) is 0 Å². The Bertz CT molecular complexity index is 930. The SMILES string of the molecule is CCC=N/C(Cl)=C\N[C@@H](CCC)Cc1ccc(C(=O)N(C)Cc2ccc(=O)[nH]c2)cc1. The van der Waals surface area contributed by atoms with E-state index in [4.69, 9.17) is 11.6 Å². The Morgan fingerprint density at radius 3 is 2.52 bits per heavy atom. The van der Waals surface area contributed by atoms with Crippen molar-refractivity contribution in [3.63, 3.8) is 0 Å². The van der Waals surface area contributed by atoms with E-state index in [0.717, 1.165) is 36.8 Å². The summed E-state index contributed by atoms with van der Waals surface area (Å²) in [5.74, 6) is -0.0653. The number of nitrogens with zero attached hydrogens (tertiary/aromatic N) is 2. The Balaban J connectivity index is 1.98. The molecule has 0 radical (unpaired) electrons. The molecule has 0 saturated heterocycles. The maximum absolute atomic E-state index is 12.7. The Kier molecular flexibility index (Phi) is 10.0. The number of carbonyl (C=O) groups excluding carboxylic acids is 1. The highest BCUT2D eigenvalue weighted by Gasteiger charge is 2.13. The standard InChI is InChI=1S/C24H31ClN4O2/c1-4-6-21(27-16-22(25)26-13-5-2)14-18-7-10-20(11-8-18)24(31)29(3)17-19-9-12-23(30)28-15-19/h7-13,15-16,21,27H,4-6,14,17H2,1-3H3,(H,28,30)/b22-16-,26-13?/t21-/m0/s1. The van der Waals surface area contributed by atoms with E-state index in [-0.39, 0.29) is 17.5 Å². The predicted molar refractivity (Wildman–Crippen MR) is 128 cm³/mol. The molecule has 1 heterocycles. The molecule has 1 atom stereocenters. The van der Waals surface area contributed by atoms with Crippen LogP contribution in [0.4, 0.5) is 0 Å². The number of halogens is 1. The summed E-state index contributed by atoms with van der Waals surface area (Å²) in [6.45, 7) is 4.58. The fourth-order valence-electron chi connectivity index (χ4n) is 3.17. The van der Waals surface area contributed by atoms with Crippen molar-refractivity contribution in [3.05, 3.63) is 81.0 Å². The van der Waals surface area contributed by atoms with Gasteiger partial charge in [-0.1, -0.05) is 50.1 Å². The topological polar surface area (TPSA) is 77.6 Å². The maximum atomic E-state index is 12.7. The number of hydrogen-bond acceptors (Lipinski definition) is 4. The van der Waals surface area contributed by atoms with Crippen molar-refractivity contribution >= 4 is 23.7 Å². The van der Waals surface area contributed by atoms with E-state index in [2.05, 4.69) is 22.2 Å². The number of H-pyrrole nitrogens is 1. The Hall–Kier alpha value is -2.86. The first-order valence-electron chi connectivity index (χ1n) is 10.6. The van der Waals surface area contributed by atoms with Crippen LogP contribution < -0.4 is 10.9 Å². The number of rotatable bonds is 11. The van der Waals surface area contributed by atoms with Gasteiger partial charge < -0.3 is 15.2 Å². The van der Waals surface area contributed by atoms with Gasteiger partial charge in [0.15, 0.2) is 0 Å². The first-order chi connectivity index (χ1) is 14.9. The molecule has 0 fully saturated rings. The second kappa shape index (κ2) is 12.7. The zero-order chi connectivity index (χ0) is 22.6. The van der Waals surface area contributed by atoms with Crippen molar-refractivity contribution in [3.8, 4) is 0 Å². The van der Waals surface area contributed by atoms with Gasteiger partial charge >= 0.3 is 0 Å². The van der Waals surface area contributed by atoms with Gasteiger partial charge in [-0.3, -0.25) is 9.59 Å². The number of nitrogens with one attached hydrogen (secondary N) is 2. The van der Waals surface area contributed by atoms with E-state index in [9.17, 15) is 9.59 Å². The van der Waals surface area contributed by atoms with Crippen LogP contribution in [0.3, 0.4) is 0 Å². The van der Waals surface area contributed by atoms with Crippen molar-refractivity contribution in [1.29, 1.82) is 0 Å². The van der Waals surface area contributed by atoms with Crippen LogP contribution in [0.5, 0.6) is 0 Å². The Morgan fingerprint density at radius 1 is 1.19 bits per heavy atom. The predicted octanol–water partition coefficient (Wildman–Crippen LogP) is 4.47. The summed E-state index contributed by atoms with van der Waals surface area (Å²) in [4.78, 5) is 32.3. The maximum Gasteiger partial charge on any atom is 0.253 e. The van der Waals surface area contributed by atoms with Gasteiger partial charge in [0.25, 0.3) is 5.91 Å². The molecule has 0 aliphatic rings. The Labute approximate surface area is 189 Å². The van der Waals surface area contributed by atoms with Crippen LogP contribution >= 0.6 is 11.6 Å². The van der Waals surface area contributed by atoms with E-state index >= 15 is 0 Å². The third kappa shape index (κ3) is 8.42. The number of hydrogen-bond donors (Lipinski definition) is 2. The molecule has 0 spiro atoms. The summed E-state index contributed by atoms with van der Waals surface area (Å²) in [6.07, 6.45) is 8.87. The molecule has 166 valence electrons. The minimum absolute atomic E-state index is 0.0653. The lowest BCUT2D eigenvalue weighted by Gasteiger charge is -2.19. The monoisotopic (exact) mass is 442 g/mol. The molecule has 2 N–H and O–H groups in total. The van der Waals surface area contributed by atoms with E-state index < -0.39 is 0 Å². The molecule has 7 heteroatoms. The average molecular weight is 443 g/mol. The average Bonchev–Trinajstić information content (AvgIpc) is 2.77. The summed E-state index contributed by atoms with van der Waals surface area (Å²) in [6, 6.07) is 11.1. The lowest BCUT2D eigenvalue weighted by atomic mass is 10.0. The molecular weight excluding hydrogens is 412 g/mol. The van der Waals surface area contributed by atoms with Crippen LogP contribution in [0.2, 0.25) is 0 Å². The Morgan fingerprint density at radius 2 is 1.90 bits per heavy atom. The molecule has 1 aromatic heterocycles. The van der Waals surface area contributed by atoms with Gasteiger partial charge in [0.1, 0.15) is 5.16 Å². The van der Waals surface area contributed by atoms with E-state index in [1.54, 1.807) is 36.6 Å². The van der Waals surface area contributed by atoms with E-state index in [1.807, 2.05) is 31.2 Å². The van der Waals surface area contributed by atoms with Crippen LogP contribution in [0.25, 0.3) is 0 Å². The van der Waals surface area contributed by atoms with E-state index in [0.29, 0.717) is 17.3 Å². The van der Waals surface area contributed by atoms with Crippen LogP contribution in [0.1, 0.15) is 54.6 Å². The second-order valence-corrected chi connectivity index (χ2v) is 7.85. The number of benzene rings is 1. The summed E-state index contributed by atoms with van der Waals surface area (Å²) in [5, 5.41) is 3.80. The van der Waals surface area contributed by atoms with Crippen molar-refractivity contribution < 1.29 is 4.79 Å². The summed E-state index contributed by atoms with van der Waals surface area (Å²) >= 11 is 6.10. The van der Waals surface area contributed by atoms with Gasteiger partial charge in [-0.15, -0.1) is 0 Å². The zero-order valence-corrected chi connectivity index (χ0v) is 19.2. The zero-order valence-electron chi connectivity index (χ0n) is 18.4. The normalized spacial score (nSPS) is 12.7. The van der Waals surface area contributed by atoms with Gasteiger partial charge in [0.2, 0.25) is 5.56 Å². The minimum Gasteiger partial charge on any atom is -0.385 e. The van der Waals surface area contributed by atoms with Gasteiger partial charge in [-0.2, -0.15) is 0 Å². The summed E-state index contributed by atoms with van der Waals surface area (Å²) in [5.41, 5.74) is 2.49. The fraction of sp³-hybridized carbons (Fsp3) is 0.375. The minimum atomic E-state index is -0.157. The molecule has 6 nitrogen and oxygen atoms in total. The summed E-state index contributed by atoms with van der Waals surface area (Å²) < 4.78 is 0. The number of aromatic amines is 1. The van der Waals surface area contributed by atoms with Crippen LogP contribution in [-0.2, 0) is 13.0 Å². The van der Waals surface area contributed by atoms with Gasteiger partial charge in [-0.25, -0.2) is 4.99 Å². The molecule has 0 bridgehead atoms. The first-order valence-corrected chi connectivity index (χ1v) is 11.0. The fourth-order valence-corrected chi connectivity index (χ4v) is 3.30. The second-order valence-electron chi connectivity index (χ2n) is 7.46. The smallest absolute Gasteiger partial charge is 0.253 e. The number of pyridine rings is 1. The number of carbonyl (C=O) groups is 1. The molecule has 1 aromatic carbocycles. The molecular formula is C24H31ClN4O2. The van der Waals surface area contributed by atoms with Crippen molar-refractivity contribution in [2.24, 2.45) is 4.99 Å². The van der Waals surface area contributed by atoms with Crippen LogP contribution in [-0.4, -0.2) is 35.1 Å². The van der Waals surface area contributed by atoms with Crippen LogP contribution in [0, 0.1) is 0 Å². The largest absolute Gasteiger partial charge is 0.385 e. The molecule has 0 saturated carbocycles. The van der Waals surface area contributed by atoms with Gasteiger partial charge in [-0.05, 0) is 42.5 Å². The summed E-state index contributed by atoms with van der Waals surface area (Å²) in [7, 11) is 1.75. The third-order valence-corrected chi connectivity index (χ3v) is 4.98. The molecule has 31 heavy (non-hydrogen) atoms. The lowest BCUT2D eigenvalue weighted by molar-refractivity contribution is 0.0785. The van der Waals surface area contributed by atoms with Crippen molar-refractivity contribution in [2.45, 2.75) is 52.1 Å². The molecule has 0 unspecified atom stereocenters. The molecule has 0 aliphatic heterocycles. The molecule has 0 aliphatic carbocycles. The van der Waals surface area contributed by atoms with E-state index in [1.165, 1.54) is 6.07 Å². The highest BCUT2D eigenvalue weighted by Crippen LogP contribution is 2.13. The number of aliphatic imine (C=N–C) groups is 1. The van der Waals surface area contributed by atoms with Crippen molar-refractivity contribution in [1.82, 2.24) is 15.2 Å². The molecule has 2 rings (SSSR count). The number of amides is 1. The lowest BCUT2D eigenvalue weighted by Crippen LogP contribution is -2.27. The van der Waals surface area contributed by atoms with Crippen molar-refractivity contribution in [2.75, 3.05) is 7.05 Å². The van der Waals surface area contributed by atoms with Crippen LogP contribution in [0.15, 0.2) is 63.7 Å². The quantitative estimate of drug-likeness (QED) is 0.398. The first kappa shape index (κ1) is 24.4. The van der Waals surface area contributed by atoms with Gasteiger partial charge in [0, 0.05) is 49.9 Å².